The van der Waals surface area contributed by atoms with E-state index in [2.05, 4.69) is 6.92 Å². The molecule has 0 heterocycles. The van der Waals surface area contributed by atoms with Gasteiger partial charge in [0.05, 0.1) is 0 Å². The predicted molar refractivity (Wildman–Crippen MR) is 58.6 cm³/mol. The highest BCUT2D eigenvalue weighted by Gasteiger charge is 2.14. The first-order chi connectivity index (χ1) is 6.70. The lowest BCUT2D eigenvalue weighted by Crippen LogP contribution is -2.11. The summed E-state index contributed by atoms with van der Waals surface area (Å²) in [5.74, 6) is -1.37. The van der Waals surface area contributed by atoms with Crippen LogP contribution in [-0.2, 0) is 0 Å². The molecule has 0 aromatic heterocycles. The quantitative estimate of drug-likeness (QED) is 0.676. The maximum absolute atomic E-state index is 13.4. The van der Waals surface area contributed by atoms with Gasteiger partial charge in [-0.2, -0.15) is 0 Å². The van der Waals surface area contributed by atoms with Crippen molar-refractivity contribution in [1.82, 2.24) is 0 Å². The molecule has 0 bridgehead atoms. The van der Waals surface area contributed by atoms with E-state index in [4.69, 9.17) is 0 Å². The summed E-state index contributed by atoms with van der Waals surface area (Å²) in [6.45, 7) is 4.11. The molecule has 0 nitrogen and oxygen atoms in total. The molecule has 78 valence electrons. The first-order valence-electron chi connectivity index (χ1n) is 4.89. The van der Waals surface area contributed by atoms with Gasteiger partial charge in [0, 0.05) is 5.30 Å². The zero-order valence-corrected chi connectivity index (χ0v) is 9.45. The van der Waals surface area contributed by atoms with Gasteiger partial charge >= 0.3 is 0 Å². The first kappa shape index (κ1) is 11.6. The van der Waals surface area contributed by atoms with Crippen molar-refractivity contribution in [2.45, 2.75) is 20.3 Å². The van der Waals surface area contributed by atoms with E-state index in [-0.39, 0.29) is 0 Å². The van der Waals surface area contributed by atoms with Crippen LogP contribution in [0.3, 0.4) is 0 Å². The zero-order valence-electron chi connectivity index (χ0n) is 8.56. The lowest BCUT2D eigenvalue weighted by molar-refractivity contribution is 0.514. The number of hydrogen-bond donors (Lipinski definition) is 0. The van der Waals surface area contributed by atoms with Gasteiger partial charge in [0.15, 0.2) is 11.6 Å². The summed E-state index contributed by atoms with van der Waals surface area (Å²) in [4.78, 5) is 0. The molecule has 3 heteroatoms. The van der Waals surface area contributed by atoms with Gasteiger partial charge in [0.1, 0.15) is 0 Å². The van der Waals surface area contributed by atoms with Crippen LogP contribution in [0, 0.1) is 11.6 Å². The van der Waals surface area contributed by atoms with Gasteiger partial charge in [0.25, 0.3) is 0 Å². The number of rotatable bonds is 4. The monoisotopic (exact) mass is 216 g/mol. The van der Waals surface area contributed by atoms with Crippen LogP contribution in [0.15, 0.2) is 18.2 Å². The number of benzene rings is 1. The summed E-state index contributed by atoms with van der Waals surface area (Å²) in [7, 11) is -0.506. The van der Waals surface area contributed by atoms with Gasteiger partial charge in [-0.05, 0) is 18.4 Å². The summed E-state index contributed by atoms with van der Waals surface area (Å²) in [5.41, 5.74) is 0. The van der Waals surface area contributed by atoms with E-state index >= 15 is 0 Å². The highest BCUT2D eigenvalue weighted by molar-refractivity contribution is 7.65. The summed E-state index contributed by atoms with van der Waals surface area (Å²) >= 11 is 0. The fraction of sp³-hybridized carbons (Fsp3) is 0.455. The van der Waals surface area contributed by atoms with E-state index in [0.717, 1.165) is 18.7 Å². The number of halogens is 2. The fourth-order valence-corrected chi connectivity index (χ4v) is 3.57. The fourth-order valence-electron chi connectivity index (χ4n) is 1.46. The maximum Gasteiger partial charge on any atom is 0.166 e. The van der Waals surface area contributed by atoms with Crippen LogP contribution in [-0.4, -0.2) is 12.3 Å². The van der Waals surface area contributed by atoms with E-state index in [1.54, 1.807) is 12.1 Å². The van der Waals surface area contributed by atoms with Crippen molar-refractivity contribution in [2.24, 2.45) is 0 Å². The van der Waals surface area contributed by atoms with Gasteiger partial charge in [-0.25, -0.2) is 8.78 Å². The second-order valence-corrected chi connectivity index (χ2v) is 5.79. The van der Waals surface area contributed by atoms with Crippen molar-refractivity contribution in [3.05, 3.63) is 29.8 Å². The number of hydrogen-bond acceptors (Lipinski definition) is 0. The normalized spacial score (nSPS) is 12.9. The Kier molecular flexibility index (Phi) is 4.47. The molecule has 0 aliphatic heterocycles. The Labute approximate surface area is 85.1 Å². The van der Waals surface area contributed by atoms with E-state index in [0.29, 0.717) is 5.30 Å². The highest BCUT2D eigenvalue weighted by atomic mass is 31.1. The van der Waals surface area contributed by atoms with Crippen LogP contribution in [0.4, 0.5) is 8.78 Å². The standard InChI is InChI=1S/C11H15F2P/c1-3-8-14(4-2)10-7-5-6-9(12)11(10)13/h5-7H,3-4,8H2,1-2H3. The van der Waals surface area contributed by atoms with Crippen LogP contribution >= 0.6 is 7.92 Å². The zero-order chi connectivity index (χ0) is 10.6. The molecule has 1 aromatic rings. The van der Waals surface area contributed by atoms with Gasteiger partial charge < -0.3 is 0 Å². The van der Waals surface area contributed by atoms with Crippen LogP contribution in [0.1, 0.15) is 20.3 Å². The Morgan fingerprint density at radius 3 is 2.50 bits per heavy atom. The largest absolute Gasteiger partial charge is 0.204 e. The van der Waals surface area contributed by atoms with Gasteiger partial charge in [0.2, 0.25) is 0 Å². The average molecular weight is 216 g/mol. The summed E-state index contributed by atoms with van der Waals surface area (Å²) in [6.07, 6.45) is 2.92. The van der Waals surface area contributed by atoms with Gasteiger partial charge in [-0.3, -0.25) is 0 Å². The lowest BCUT2D eigenvalue weighted by atomic mass is 10.3. The molecule has 0 amide bonds. The molecule has 0 saturated carbocycles. The third-order valence-electron chi connectivity index (χ3n) is 2.15. The van der Waals surface area contributed by atoms with Crippen molar-refractivity contribution in [3.8, 4) is 0 Å². The van der Waals surface area contributed by atoms with E-state index in [1.807, 2.05) is 6.92 Å². The van der Waals surface area contributed by atoms with Gasteiger partial charge in [-0.15, -0.1) is 0 Å². The molecule has 0 saturated heterocycles. The van der Waals surface area contributed by atoms with E-state index in [9.17, 15) is 8.78 Å². The second kappa shape index (κ2) is 5.41. The van der Waals surface area contributed by atoms with E-state index < -0.39 is 19.6 Å². The van der Waals surface area contributed by atoms with Crippen LogP contribution in [0.5, 0.6) is 0 Å². The molecule has 0 aliphatic carbocycles. The lowest BCUT2D eigenvalue weighted by Gasteiger charge is -2.15. The topological polar surface area (TPSA) is 0 Å². The van der Waals surface area contributed by atoms with Crippen molar-refractivity contribution < 1.29 is 8.78 Å². The molecule has 1 rings (SSSR count). The van der Waals surface area contributed by atoms with Crippen LogP contribution in [0.25, 0.3) is 0 Å². The highest BCUT2D eigenvalue weighted by Crippen LogP contribution is 2.35. The molecule has 1 unspecified atom stereocenters. The summed E-state index contributed by atoms with van der Waals surface area (Å²) in [5, 5.41) is 0.587. The maximum atomic E-state index is 13.4. The summed E-state index contributed by atoms with van der Waals surface area (Å²) in [6, 6.07) is 4.48. The smallest absolute Gasteiger partial charge is 0.166 e. The second-order valence-electron chi connectivity index (χ2n) is 3.15. The summed E-state index contributed by atoms with van der Waals surface area (Å²) < 4.78 is 26.4. The predicted octanol–water partition coefficient (Wildman–Crippen LogP) is 3.50. The molecule has 0 spiro atoms. The molecule has 0 aliphatic rings. The van der Waals surface area contributed by atoms with Crippen molar-refractivity contribution in [3.63, 3.8) is 0 Å². The molecule has 1 atom stereocenters. The molecule has 14 heavy (non-hydrogen) atoms. The Balaban J connectivity index is 2.97. The molecular weight excluding hydrogens is 201 g/mol. The van der Waals surface area contributed by atoms with Gasteiger partial charge in [-0.1, -0.05) is 40.3 Å². The van der Waals surface area contributed by atoms with Crippen molar-refractivity contribution >= 4 is 13.2 Å². The minimum atomic E-state index is -0.723. The molecule has 0 radical (unpaired) electrons. The molecule has 0 N–H and O–H groups in total. The SMILES string of the molecule is CCCP(CC)c1cccc(F)c1F. The van der Waals surface area contributed by atoms with Crippen molar-refractivity contribution in [1.29, 1.82) is 0 Å². The molecule has 1 aromatic carbocycles. The van der Waals surface area contributed by atoms with E-state index in [1.165, 1.54) is 6.07 Å². The minimum Gasteiger partial charge on any atom is -0.204 e. The molecule has 0 fully saturated rings. The third-order valence-corrected chi connectivity index (χ3v) is 4.92. The molecular formula is C11H15F2P. The minimum absolute atomic E-state index is 0.506. The van der Waals surface area contributed by atoms with Crippen LogP contribution in [0.2, 0.25) is 0 Å². The van der Waals surface area contributed by atoms with Crippen molar-refractivity contribution in [2.75, 3.05) is 12.3 Å². The Bertz CT molecular complexity index is 299. The van der Waals surface area contributed by atoms with Crippen LogP contribution < -0.4 is 5.30 Å². The Morgan fingerprint density at radius 2 is 1.93 bits per heavy atom. The third kappa shape index (κ3) is 2.51. The average Bonchev–Trinajstić information content (AvgIpc) is 2.19. The Hall–Kier alpha value is -0.490. The Morgan fingerprint density at radius 1 is 1.21 bits per heavy atom. The first-order valence-corrected chi connectivity index (χ1v) is 6.60.